The Hall–Kier alpha value is -3.40. The quantitative estimate of drug-likeness (QED) is 0.676. The summed E-state index contributed by atoms with van der Waals surface area (Å²) in [6, 6.07) is 7.27. The fourth-order valence-corrected chi connectivity index (χ4v) is 2.75. The molecule has 1 aliphatic carbocycles. The van der Waals surface area contributed by atoms with Gasteiger partial charge in [-0.15, -0.1) is 0 Å². The first-order valence-corrected chi connectivity index (χ1v) is 6.82. The SMILES string of the molecule is CC(=O)NC1=C(C#N)C(N)=C2C(=O)c3ccccc3C(=O)C2N1. The van der Waals surface area contributed by atoms with Crippen molar-refractivity contribution in [1.82, 2.24) is 10.6 Å². The molecule has 1 amide bonds. The molecule has 1 aliphatic heterocycles. The van der Waals surface area contributed by atoms with Crippen LogP contribution >= 0.6 is 0 Å². The Labute approximate surface area is 131 Å². The summed E-state index contributed by atoms with van der Waals surface area (Å²) >= 11 is 0. The zero-order valence-electron chi connectivity index (χ0n) is 12.1. The monoisotopic (exact) mass is 308 g/mol. The smallest absolute Gasteiger partial charge is 0.222 e. The Morgan fingerprint density at radius 3 is 2.57 bits per heavy atom. The topological polar surface area (TPSA) is 125 Å². The highest BCUT2D eigenvalue weighted by Crippen LogP contribution is 2.31. The third-order valence-electron chi connectivity index (χ3n) is 3.74. The number of dihydropyridines is 1. The van der Waals surface area contributed by atoms with E-state index in [1.807, 2.05) is 6.07 Å². The van der Waals surface area contributed by atoms with E-state index in [1.165, 1.54) is 6.92 Å². The summed E-state index contributed by atoms with van der Waals surface area (Å²) < 4.78 is 0. The molecule has 1 aromatic rings. The second-order valence-electron chi connectivity index (χ2n) is 5.19. The van der Waals surface area contributed by atoms with Crippen molar-refractivity contribution in [2.24, 2.45) is 5.73 Å². The number of Topliss-reactive ketones (excluding diaryl/α,β-unsaturated/α-hetero) is 2. The molecular formula is C16H12N4O3. The number of amides is 1. The Morgan fingerprint density at radius 1 is 1.30 bits per heavy atom. The second kappa shape index (κ2) is 5.10. The van der Waals surface area contributed by atoms with Crippen LogP contribution in [0.15, 0.2) is 46.9 Å². The van der Waals surface area contributed by atoms with E-state index in [0.29, 0.717) is 0 Å². The lowest BCUT2D eigenvalue weighted by Gasteiger charge is -2.32. The van der Waals surface area contributed by atoms with Gasteiger partial charge in [0.15, 0.2) is 11.6 Å². The lowest BCUT2D eigenvalue weighted by atomic mass is 9.79. The van der Waals surface area contributed by atoms with Gasteiger partial charge in [-0.05, 0) is 0 Å². The van der Waals surface area contributed by atoms with E-state index in [0.717, 1.165) is 0 Å². The third kappa shape index (κ3) is 2.08. The maximum absolute atomic E-state index is 12.6. The number of fused-ring (bicyclic) bond motifs is 2. The number of allylic oxidation sites excluding steroid dienone is 1. The van der Waals surface area contributed by atoms with Gasteiger partial charge in [0.25, 0.3) is 0 Å². The van der Waals surface area contributed by atoms with Crippen LogP contribution < -0.4 is 16.4 Å². The van der Waals surface area contributed by atoms with E-state index < -0.39 is 17.7 Å². The van der Waals surface area contributed by atoms with Crippen LogP contribution in [0.1, 0.15) is 27.6 Å². The second-order valence-corrected chi connectivity index (χ2v) is 5.19. The average Bonchev–Trinajstić information content (AvgIpc) is 2.52. The number of nitrogens with one attached hydrogen (secondary N) is 2. The number of carbonyl (C=O) groups is 3. The highest BCUT2D eigenvalue weighted by Gasteiger charge is 2.42. The van der Waals surface area contributed by atoms with Crippen LogP contribution in [-0.4, -0.2) is 23.5 Å². The molecule has 0 spiro atoms. The van der Waals surface area contributed by atoms with Crippen LogP contribution in [0, 0.1) is 11.3 Å². The summed E-state index contributed by atoms with van der Waals surface area (Å²) in [5.74, 6) is -1.12. The van der Waals surface area contributed by atoms with Gasteiger partial charge in [-0.25, -0.2) is 0 Å². The van der Waals surface area contributed by atoms with Gasteiger partial charge in [0, 0.05) is 18.1 Å². The molecule has 114 valence electrons. The number of carbonyl (C=O) groups excluding carboxylic acids is 3. The minimum absolute atomic E-state index is 0.0341. The van der Waals surface area contributed by atoms with Crippen molar-refractivity contribution in [3.63, 3.8) is 0 Å². The van der Waals surface area contributed by atoms with Gasteiger partial charge < -0.3 is 16.4 Å². The molecule has 3 rings (SSSR count). The largest absolute Gasteiger partial charge is 0.397 e. The first-order chi connectivity index (χ1) is 11.0. The predicted octanol–water partition coefficient (Wildman–Crippen LogP) is 0.121. The Bertz CT molecular complexity index is 874. The third-order valence-corrected chi connectivity index (χ3v) is 3.74. The van der Waals surface area contributed by atoms with Crippen LogP contribution in [0.2, 0.25) is 0 Å². The molecule has 0 saturated heterocycles. The molecule has 0 aromatic heterocycles. The first-order valence-electron chi connectivity index (χ1n) is 6.82. The minimum Gasteiger partial charge on any atom is -0.397 e. The highest BCUT2D eigenvalue weighted by atomic mass is 16.2. The van der Waals surface area contributed by atoms with Crippen molar-refractivity contribution in [3.8, 4) is 6.07 Å². The molecular weight excluding hydrogens is 296 g/mol. The Kier molecular flexibility index (Phi) is 3.22. The van der Waals surface area contributed by atoms with Crippen molar-refractivity contribution in [1.29, 1.82) is 5.26 Å². The van der Waals surface area contributed by atoms with Crippen LogP contribution in [0.4, 0.5) is 0 Å². The first kappa shape index (κ1) is 14.5. The van der Waals surface area contributed by atoms with Crippen LogP contribution in [0.25, 0.3) is 0 Å². The summed E-state index contributed by atoms with van der Waals surface area (Å²) in [5, 5.41) is 14.5. The molecule has 2 aliphatic rings. The van der Waals surface area contributed by atoms with Gasteiger partial charge in [-0.2, -0.15) is 5.26 Å². The van der Waals surface area contributed by atoms with Gasteiger partial charge >= 0.3 is 0 Å². The molecule has 0 fully saturated rings. The molecule has 1 atom stereocenters. The average molecular weight is 308 g/mol. The lowest BCUT2D eigenvalue weighted by Crippen LogP contribution is -2.51. The van der Waals surface area contributed by atoms with Crippen molar-refractivity contribution in [2.75, 3.05) is 0 Å². The normalized spacial score (nSPS) is 19.6. The lowest BCUT2D eigenvalue weighted by molar-refractivity contribution is -0.118. The van der Waals surface area contributed by atoms with Crippen molar-refractivity contribution in [2.45, 2.75) is 13.0 Å². The maximum atomic E-state index is 12.6. The fraction of sp³-hybridized carbons (Fsp3) is 0.125. The molecule has 4 N–H and O–H groups in total. The zero-order chi connectivity index (χ0) is 16.7. The predicted molar refractivity (Wildman–Crippen MR) is 79.7 cm³/mol. The summed E-state index contributed by atoms with van der Waals surface area (Å²) in [5.41, 5.74) is 6.39. The number of nitrogens with zero attached hydrogens (tertiary/aromatic N) is 1. The van der Waals surface area contributed by atoms with Crippen LogP contribution in [-0.2, 0) is 4.79 Å². The molecule has 0 bridgehead atoms. The van der Waals surface area contributed by atoms with Crippen molar-refractivity contribution in [3.05, 3.63) is 58.1 Å². The van der Waals surface area contributed by atoms with E-state index in [1.54, 1.807) is 24.3 Å². The number of benzene rings is 1. The van der Waals surface area contributed by atoms with Gasteiger partial charge in [-0.3, -0.25) is 14.4 Å². The molecule has 1 unspecified atom stereocenters. The molecule has 1 aromatic carbocycles. The number of nitrogens with two attached hydrogens (primary N) is 1. The molecule has 0 saturated carbocycles. The minimum atomic E-state index is -1.02. The summed E-state index contributed by atoms with van der Waals surface area (Å²) in [6.45, 7) is 1.27. The molecule has 0 radical (unpaired) electrons. The fourth-order valence-electron chi connectivity index (χ4n) is 2.75. The Balaban J connectivity index is 2.22. The summed E-state index contributed by atoms with van der Waals surface area (Å²) in [4.78, 5) is 36.6. The number of hydrogen-bond donors (Lipinski definition) is 3. The van der Waals surface area contributed by atoms with Gasteiger partial charge in [0.1, 0.15) is 23.5 Å². The van der Waals surface area contributed by atoms with Crippen LogP contribution in [0.3, 0.4) is 0 Å². The van der Waals surface area contributed by atoms with Crippen LogP contribution in [0.5, 0.6) is 0 Å². The standard InChI is InChI=1S/C16H12N4O3/c1-7(21)19-16-10(6-17)12(18)11-13(20-16)15(23)9-5-3-2-4-8(9)14(11)22/h2-5,13,20H,18H2,1H3,(H,19,21). The zero-order valence-corrected chi connectivity index (χ0v) is 12.1. The van der Waals surface area contributed by atoms with E-state index in [-0.39, 0.29) is 39.6 Å². The van der Waals surface area contributed by atoms with Crippen molar-refractivity contribution < 1.29 is 14.4 Å². The van der Waals surface area contributed by atoms with E-state index in [2.05, 4.69) is 10.6 Å². The van der Waals surface area contributed by atoms with E-state index >= 15 is 0 Å². The van der Waals surface area contributed by atoms with Gasteiger partial charge in [0.2, 0.25) is 5.91 Å². The highest BCUT2D eigenvalue weighted by molar-refractivity contribution is 6.25. The molecule has 23 heavy (non-hydrogen) atoms. The molecule has 1 heterocycles. The number of nitriles is 1. The Morgan fingerprint density at radius 2 is 1.96 bits per heavy atom. The van der Waals surface area contributed by atoms with E-state index in [4.69, 9.17) is 5.73 Å². The van der Waals surface area contributed by atoms with Crippen molar-refractivity contribution >= 4 is 17.5 Å². The number of rotatable bonds is 1. The number of ketones is 2. The summed E-state index contributed by atoms with van der Waals surface area (Å²) in [7, 11) is 0. The maximum Gasteiger partial charge on any atom is 0.222 e. The molecule has 7 heteroatoms. The van der Waals surface area contributed by atoms with Gasteiger partial charge in [0.05, 0.1) is 11.3 Å². The summed E-state index contributed by atoms with van der Waals surface area (Å²) in [6.07, 6.45) is 0. The van der Waals surface area contributed by atoms with Gasteiger partial charge in [-0.1, -0.05) is 24.3 Å². The van der Waals surface area contributed by atoms with E-state index in [9.17, 15) is 19.6 Å². The molecule has 7 nitrogen and oxygen atoms in total. The number of hydrogen-bond acceptors (Lipinski definition) is 6.